The molecule has 0 aromatic heterocycles. The number of epoxide rings is 1. The zero-order chi connectivity index (χ0) is 23.7. The van der Waals surface area contributed by atoms with Gasteiger partial charge in [-0.15, -0.1) is 0 Å². The topological polar surface area (TPSA) is 55.9 Å². The minimum Gasteiger partial charge on any atom is -0.462 e. The summed E-state index contributed by atoms with van der Waals surface area (Å²) in [5.74, 6) is 3.65. The zero-order valence-corrected chi connectivity index (χ0v) is 21.6. The third-order valence-corrected chi connectivity index (χ3v) is 11.0. The largest absolute Gasteiger partial charge is 0.462 e. The molecule has 0 N–H and O–H groups in total. The first-order valence-electron chi connectivity index (χ1n) is 13.6. The van der Waals surface area contributed by atoms with E-state index in [2.05, 4.69) is 26.8 Å². The summed E-state index contributed by atoms with van der Waals surface area (Å²) in [4.78, 5) is 24.0. The van der Waals surface area contributed by atoms with Crippen molar-refractivity contribution in [1.82, 2.24) is 0 Å². The molecule has 4 nitrogen and oxygen atoms in total. The quantitative estimate of drug-likeness (QED) is 0.284. The van der Waals surface area contributed by atoms with E-state index in [1.807, 2.05) is 13.8 Å². The van der Waals surface area contributed by atoms with Crippen LogP contribution in [0.4, 0.5) is 0 Å². The lowest BCUT2D eigenvalue weighted by Crippen LogP contribution is -2.51. The SMILES string of the molecule is CC(=O)OC1CC[C@@]2(C)C(=CC[C@H]3[C@@H]4CC[C@H]([C@H](C)[C@@H]5O[C@H]5C(=O)C(C)C)[C@@]4(C)CC[C@@H]32)C1. The lowest BCUT2D eigenvalue weighted by molar-refractivity contribution is -0.148. The maximum absolute atomic E-state index is 12.5. The molecule has 5 rings (SSSR count). The average molecular weight is 457 g/mol. The van der Waals surface area contributed by atoms with E-state index in [4.69, 9.17) is 9.47 Å². The van der Waals surface area contributed by atoms with Gasteiger partial charge < -0.3 is 9.47 Å². The van der Waals surface area contributed by atoms with Crippen LogP contribution in [0.3, 0.4) is 0 Å². The van der Waals surface area contributed by atoms with Gasteiger partial charge in [-0.05, 0) is 85.4 Å². The monoisotopic (exact) mass is 456 g/mol. The van der Waals surface area contributed by atoms with E-state index in [1.54, 1.807) is 5.57 Å². The van der Waals surface area contributed by atoms with Crippen molar-refractivity contribution in [2.45, 2.75) is 111 Å². The van der Waals surface area contributed by atoms with Gasteiger partial charge in [0, 0.05) is 19.3 Å². The van der Waals surface area contributed by atoms with Crippen molar-refractivity contribution in [3.05, 3.63) is 11.6 Å². The Morgan fingerprint density at radius 3 is 2.52 bits per heavy atom. The fraction of sp³-hybridized carbons (Fsp3) is 0.862. The van der Waals surface area contributed by atoms with Gasteiger partial charge in [0.1, 0.15) is 12.2 Å². The molecule has 0 amide bonds. The Labute approximate surface area is 200 Å². The summed E-state index contributed by atoms with van der Waals surface area (Å²) < 4.78 is 11.6. The van der Waals surface area contributed by atoms with Gasteiger partial charge >= 0.3 is 5.97 Å². The molecule has 184 valence electrons. The van der Waals surface area contributed by atoms with Crippen LogP contribution >= 0.6 is 0 Å². The smallest absolute Gasteiger partial charge is 0.302 e. The van der Waals surface area contributed by atoms with E-state index in [9.17, 15) is 9.59 Å². The molecule has 1 heterocycles. The van der Waals surface area contributed by atoms with E-state index in [0.29, 0.717) is 17.3 Å². The van der Waals surface area contributed by atoms with Crippen molar-refractivity contribution in [3.63, 3.8) is 0 Å². The number of allylic oxidation sites excluding steroid dienone is 1. The third-order valence-electron chi connectivity index (χ3n) is 11.0. The molecule has 1 aliphatic heterocycles. The minimum absolute atomic E-state index is 0.0643. The second kappa shape index (κ2) is 8.21. The Bertz CT molecular complexity index is 845. The molecule has 0 aromatic carbocycles. The highest BCUT2D eigenvalue weighted by Gasteiger charge is 2.62. The average Bonchev–Trinajstić information content (AvgIpc) is 3.47. The lowest BCUT2D eigenvalue weighted by Gasteiger charge is -2.58. The highest BCUT2D eigenvalue weighted by atomic mass is 16.6. The molecular formula is C29H44O4. The third kappa shape index (κ3) is 3.74. The Morgan fingerprint density at radius 2 is 1.82 bits per heavy atom. The molecular weight excluding hydrogens is 412 g/mol. The van der Waals surface area contributed by atoms with Gasteiger partial charge in [0.15, 0.2) is 5.78 Å². The van der Waals surface area contributed by atoms with Gasteiger partial charge in [-0.1, -0.05) is 46.3 Å². The maximum Gasteiger partial charge on any atom is 0.302 e. The van der Waals surface area contributed by atoms with E-state index in [-0.39, 0.29) is 41.4 Å². The molecule has 0 radical (unpaired) electrons. The summed E-state index contributed by atoms with van der Waals surface area (Å²) in [5.41, 5.74) is 2.21. The van der Waals surface area contributed by atoms with Crippen molar-refractivity contribution in [2.24, 2.45) is 46.3 Å². The highest BCUT2D eigenvalue weighted by Crippen LogP contribution is 2.67. The standard InChI is InChI=1S/C29H44O4/c1-16(2)25(31)27-26(33-27)17(3)22-9-10-23-21-8-7-19-15-20(32-18(4)30)11-13-28(19,5)24(21)12-14-29(22,23)6/h7,16-17,20-24,26-27H,8-15H2,1-6H3/t17-,20?,21-,22+,23-,24-,26-,27-,28-,29+/m0/s1. The van der Waals surface area contributed by atoms with Crippen LogP contribution < -0.4 is 0 Å². The second-order valence-corrected chi connectivity index (χ2v) is 12.9. The van der Waals surface area contributed by atoms with Gasteiger partial charge in [0.2, 0.25) is 0 Å². The first-order valence-corrected chi connectivity index (χ1v) is 13.6. The van der Waals surface area contributed by atoms with E-state index < -0.39 is 0 Å². The Kier molecular flexibility index (Phi) is 5.86. The number of ketones is 1. The Balaban J connectivity index is 1.31. The number of hydrogen-bond acceptors (Lipinski definition) is 4. The Morgan fingerprint density at radius 1 is 1.06 bits per heavy atom. The maximum atomic E-state index is 12.5. The molecule has 0 aromatic rings. The van der Waals surface area contributed by atoms with Crippen molar-refractivity contribution in [2.75, 3.05) is 0 Å². The Hall–Kier alpha value is -1.16. The first-order chi connectivity index (χ1) is 15.6. The predicted molar refractivity (Wildman–Crippen MR) is 128 cm³/mol. The van der Waals surface area contributed by atoms with Crippen LogP contribution in [0.5, 0.6) is 0 Å². The molecule has 33 heavy (non-hydrogen) atoms. The van der Waals surface area contributed by atoms with Gasteiger partial charge in [0.05, 0.1) is 6.10 Å². The summed E-state index contributed by atoms with van der Waals surface area (Å²) in [6, 6.07) is 0. The fourth-order valence-corrected chi connectivity index (χ4v) is 9.18. The summed E-state index contributed by atoms with van der Waals surface area (Å²) >= 11 is 0. The summed E-state index contributed by atoms with van der Waals surface area (Å²) in [5, 5.41) is 0. The molecule has 1 saturated heterocycles. The fourth-order valence-electron chi connectivity index (χ4n) is 9.18. The lowest BCUT2D eigenvalue weighted by atomic mass is 9.47. The summed E-state index contributed by atoms with van der Waals surface area (Å²) in [7, 11) is 0. The first kappa shape index (κ1) is 23.6. The molecule has 0 bridgehead atoms. The van der Waals surface area contributed by atoms with Crippen LogP contribution in [-0.2, 0) is 19.1 Å². The van der Waals surface area contributed by atoms with Crippen molar-refractivity contribution >= 4 is 11.8 Å². The molecule has 0 spiro atoms. The summed E-state index contributed by atoms with van der Waals surface area (Å²) in [6.45, 7) is 13.0. The number of fused-ring (bicyclic) bond motifs is 5. The molecule has 3 saturated carbocycles. The van der Waals surface area contributed by atoms with Crippen LogP contribution in [0.2, 0.25) is 0 Å². The van der Waals surface area contributed by atoms with Gasteiger partial charge in [-0.25, -0.2) is 0 Å². The number of carbonyl (C=O) groups excluding carboxylic acids is 2. The van der Waals surface area contributed by atoms with Crippen molar-refractivity contribution in [1.29, 1.82) is 0 Å². The molecule has 5 aliphatic rings. The number of ether oxygens (including phenoxy) is 2. The van der Waals surface area contributed by atoms with Crippen LogP contribution in [0.1, 0.15) is 92.9 Å². The van der Waals surface area contributed by atoms with Crippen LogP contribution in [0, 0.1) is 46.3 Å². The number of hydrogen-bond donors (Lipinski definition) is 0. The van der Waals surface area contributed by atoms with E-state index >= 15 is 0 Å². The van der Waals surface area contributed by atoms with Crippen molar-refractivity contribution in [3.8, 4) is 0 Å². The molecule has 1 unspecified atom stereocenters. The number of Topliss-reactive ketones (excluding diaryl/α,β-unsaturated/α-hetero) is 1. The molecule has 10 atom stereocenters. The highest BCUT2D eigenvalue weighted by molar-refractivity contribution is 5.87. The minimum atomic E-state index is -0.148. The van der Waals surface area contributed by atoms with Crippen LogP contribution in [0.15, 0.2) is 11.6 Å². The summed E-state index contributed by atoms with van der Waals surface area (Å²) in [6.07, 6.45) is 12.1. The normalized spacial score (nSPS) is 47.1. The van der Waals surface area contributed by atoms with Gasteiger partial charge in [0.25, 0.3) is 0 Å². The van der Waals surface area contributed by atoms with Crippen molar-refractivity contribution < 1.29 is 19.1 Å². The second-order valence-electron chi connectivity index (χ2n) is 12.9. The number of rotatable bonds is 5. The molecule has 4 fully saturated rings. The molecule has 4 heteroatoms. The molecule has 4 aliphatic carbocycles. The predicted octanol–water partition coefficient (Wildman–Crippen LogP) is 6.13. The van der Waals surface area contributed by atoms with Crippen LogP contribution in [-0.4, -0.2) is 30.1 Å². The van der Waals surface area contributed by atoms with Crippen LogP contribution in [0.25, 0.3) is 0 Å². The van der Waals surface area contributed by atoms with E-state index in [1.165, 1.54) is 39.0 Å². The number of carbonyl (C=O) groups is 2. The zero-order valence-electron chi connectivity index (χ0n) is 21.6. The van der Waals surface area contributed by atoms with Gasteiger partial charge in [-0.3, -0.25) is 9.59 Å². The van der Waals surface area contributed by atoms with E-state index in [0.717, 1.165) is 37.0 Å². The van der Waals surface area contributed by atoms with Gasteiger partial charge in [-0.2, -0.15) is 0 Å². The number of esters is 1.